The Morgan fingerprint density at radius 1 is 1.29 bits per heavy atom. The Kier molecular flexibility index (Phi) is 5.00. The number of aliphatic hydroxyl groups excluding tert-OH is 1. The van der Waals surface area contributed by atoms with E-state index in [0.717, 1.165) is 21.2 Å². The highest BCUT2D eigenvalue weighted by molar-refractivity contribution is 9.10. The third-order valence-corrected chi connectivity index (χ3v) is 3.77. The fourth-order valence-electron chi connectivity index (χ4n) is 2.06. The van der Waals surface area contributed by atoms with Crippen molar-refractivity contribution in [2.75, 3.05) is 0 Å². The summed E-state index contributed by atoms with van der Waals surface area (Å²) >= 11 is 3.41. The van der Waals surface area contributed by atoms with Gasteiger partial charge in [-0.2, -0.15) is 5.26 Å². The number of nitriles is 1. The topological polar surface area (TPSA) is 53.2 Å². The Balaban J connectivity index is 2.20. The van der Waals surface area contributed by atoms with Crippen molar-refractivity contribution in [3.05, 3.63) is 63.1 Å². The van der Waals surface area contributed by atoms with Crippen LogP contribution in [0.3, 0.4) is 0 Å². The van der Waals surface area contributed by atoms with Crippen LogP contribution in [0.2, 0.25) is 0 Å². The molecule has 2 rings (SSSR count). The van der Waals surface area contributed by atoms with Crippen molar-refractivity contribution >= 4 is 15.9 Å². The molecule has 0 bridgehead atoms. The van der Waals surface area contributed by atoms with Crippen LogP contribution in [-0.2, 0) is 6.61 Å². The molecule has 0 spiro atoms. The van der Waals surface area contributed by atoms with Gasteiger partial charge in [-0.05, 0) is 49.2 Å². The van der Waals surface area contributed by atoms with E-state index in [1.807, 2.05) is 37.3 Å². The smallest absolute Gasteiger partial charge is 0.126 e. The average molecular weight is 346 g/mol. The maximum Gasteiger partial charge on any atom is 0.126 e. The van der Waals surface area contributed by atoms with Gasteiger partial charge in [-0.25, -0.2) is 0 Å². The maximum atomic E-state index is 9.78. The molecule has 0 radical (unpaired) electrons. The lowest BCUT2D eigenvalue weighted by atomic mass is 10.1. The minimum absolute atomic E-state index is 0.397. The summed E-state index contributed by atoms with van der Waals surface area (Å²) in [5.41, 5.74) is 3.43. The summed E-state index contributed by atoms with van der Waals surface area (Å²) in [6.07, 6.45) is -0.588. The number of aryl methyl sites for hydroxylation is 1. The van der Waals surface area contributed by atoms with Gasteiger partial charge in [0.25, 0.3) is 0 Å². The van der Waals surface area contributed by atoms with Gasteiger partial charge in [0, 0.05) is 10.0 Å². The highest BCUT2D eigenvalue weighted by Gasteiger charge is 2.10. The molecule has 0 aliphatic heterocycles. The summed E-state index contributed by atoms with van der Waals surface area (Å²) < 4.78 is 6.75. The average Bonchev–Trinajstić information content (AvgIpc) is 2.45. The van der Waals surface area contributed by atoms with E-state index in [0.29, 0.717) is 17.9 Å². The normalized spacial score (nSPS) is 11.8. The van der Waals surface area contributed by atoms with Gasteiger partial charge in [0.15, 0.2) is 0 Å². The lowest BCUT2D eigenvalue weighted by Crippen LogP contribution is -2.02. The lowest BCUT2D eigenvalue weighted by Gasteiger charge is -2.15. The number of benzene rings is 2. The zero-order valence-electron chi connectivity index (χ0n) is 11.9. The Labute approximate surface area is 132 Å². The molecule has 0 fully saturated rings. The van der Waals surface area contributed by atoms with E-state index in [1.54, 1.807) is 13.0 Å². The van der Waals surface area contributed by atoms with E-state index in [1.165, 1.54) is 0 Å². The van der Waals surface area contributed by atoms with Gasteiger partial charge in [0.2, 0.25) is 0 Å². The quantitative estimate of drug-likeness (QED) is 0.900. The Morgan fingerprint density at radius 3 is 2.67 bits per heavy atom. The first kappa shape index (κ1) is 15.6. The summed E-state index contributed by atoms with van der Waals surface area (Å²) in [6, 6.07) is 13.2. The Morgan fingerprint density at radius 2 is 2.05 bits per heavy atom. The highest BCUT2D eigenvalue weighted by atomic mass is 79.9. The molecule has 108 valence electrons. The molecule has 0 saturated carbocycles. The van der Waals surface area contributed by atoms with Crippen LogP contribution in [0, 0.1) is 18.3 Å². The number of hydrogen-bond acceptors (Lipinski definition) is 3. The Hall–Kier alpha value is -1.83. The molecule has 0 heterocycles. The fourth-order valence-corrected chi connectivity index (χ4v) is 2.40. The van der Waals surface area contributed by atoms with Gasteiger partial charge in [-0.1, -0.05) is 28.1 Å². The van der Waals surface area contributed by atoms with E-state index in [9.17, 15) is 5.11 Å². The van der Waals surface area contributed by atoms with Crippen molar-refractivity contribution in [1.29, 1.82) is 5.26 Å². The van der Waals surface area contributed by atoms with E-state index in [-0.39, 0.29) is 0 Å². The predicted octanol–water partition coefficient (Wildman–Crippen LogP) is 4.26. The van der Waals surface area contributed by atoms with Crippen molar-refractivity contribution in [2.45, 2.75) is 26.6 Å². The van der Waals surface area contributed by atoms with E-state index < -0.39 is 6.10 Å². The van der Waals surface area contributed by atoms with Gasteiger partial charge in [-0.3, -0.25) is 0 Å². The van der Waals surface area contributed by atoms with Gasteiger partial charge in [0.1, 0.15) is 12.4 Å². The largest absolute Gasteiger partial charge is 0.488 e. The summed E-state index contributed by atoms with van der Waals surface area (Å²) in [4.78, 5) is 0. The minimum Gasteiger partial charge on any atom is -0.488 e. The van der Waals surface area contributed by atoms with Crippen LogP contribution in [0.1, 0.15) is 35.3 Å². The molecule has 0 amide bonds. The zero-order valence-corrected chi connectivity index (χ0v) is 13.5. The fraction of sp³-hybridized carbons (Fsp3) is 0.235. The zero-order chi connectivity index (χ0) is 15.4. The second-order valence-electron chi connectivity index (χ2n) is 4.90. The number of rotatable bonds is 4. The number of aliphatic hydroxyl groups is 1. The molecule has 0 aromatic heterocycles. The van der Waals surface area contributed by atoms with Crippen LogP contribution in [0.5, 0.6) is 5.75 Å². The van der Waals surface area contributed by atoms with Crippen molar-refractivity contribution in [3.8, 4) is 11.8 Å². The second-order valence-corrected chi connectivity index (χ2v) is 5.82. The lowest BCUT2D eigenvalue weighted by molar-refractivity contribution is 0.190. The number of halogens is 1. The van der Waals surface area contributed by atoms with Gasteiger partial charge in [0.05, 0.1) is 17.7 Å². The maximum absolute atomic E-state index is 9.78. The van der Waals surface area contributed by atoms with E-state index >= 15 is 0 Å². The van der Waals surface area contributed by atoms with E-state index in [2.05, 4.69) is 22.0 Å². The van der Waals surface area contributed by atoms with Crippen LogP contribution in [0.15, 0.2) is 40.9 Å². The van der Waals surface area contributed by atoms with Crippen LogP contribution >= 0.6 is 15.9 Å². The molecule has 3 nitrogen and oxygen atoms in total. The van der Waals surface area contributed by atoms with Crippen LogP contribution in [0.4, 0.5) is 0 Å². The number of hydrogen-bond donors (Lipinski definition) is 1. The second kappa shape index (κ2) is 6.75. The summed E-state index contributed by atoms with van der Waals surface area (Å²) in [7, 11) is 0. The van der Waals surface area contributed by atoms with Crippen LogP contribution in [0.25, 0.3) is 0 Å². The summed E-state index contributed by atoms with van der Waals surface area (Å²) in [5, 5.41) is 18.7. The molecule has 1 atom stereocenters. The van der Waals surface area contributed by atoms with Gasteiger partial charge < -0.3 is 9.84 Å². The summed E-state index contributed by atoms with van der Waals surface area (Å²) in [6.45, 7) is 4.06. The molecule has 2 aromatic rings. The van der Waals surface area contributed by atoms with Gasteiger partial charge in [-0.15, -0.1) is 0 Å². The molecule has 21 heavy (non-hydrogen) atoms. The number of nitrogens with zero attached hydrogens (tertiary/aromatic N) is 1. The molecular weight excluding hydrogens is 330 g/mol. The predicted molar refractivity (Wildman–Crippen MR) is 85.0 cm³/mol. The van der Waals surface area contributed by atoms with Crippen molar-refractivity contribution in [1.82, 2.24) is 0 Å². The molecule has 0 aliphatic carbocycles. The van der Waals surface area contributed by atoms with Crippen molar-refractivity contribution < 1.29 is 9.84 Å². The van der Waals surface area contributed by atoms with Crippen molar-refractivity contribution in [2.24, 2.45) is 0 Å². The molecule has 4 heteroatoms. The van der Waals surface area contributed by atoms with Gasteiger partial charge >= 0.3 is 0 Å². The van der Waals surface area contributed by atoms with Crippen molar-refractivity contribution in [3.63, 3.8) is 0 Å². The van der Waals surface area contributed by atoms with E-state index in [4.69, 9.17) is 10.00 Å². The minimum atomic E-state index is -0.588. The standard InChI is InChI=1S/C17H16BrNO2/c1-11-7-13(9-19)3-4-14(11)10-21-17-8-15(18)5-6-16(17)12(2)20/h3-8,12,20H,10H2,1-2H3/t12-/m0/s1. The van der Waals surface area contributed by atoms with Crippen LogP contribution < -0.4 is 4.74 Å². The number of ether oxygens (including phenoxy) is 1. The highest BCUT2D eigenvalue weighted by Crippen LogP contribution is 2.29. The molecule has 1 N–H and O–H groups in total. The molecule has 0 saturated heterocycles. The third kappa shape index (κ3) is 3.84. The first-order valence-corrected chi connectivity index (χ1v) is 7.40. The first-order chi connectivity index (χ1) is 10.0. The summed E-state index contributed by atoms with van der Waals surface area (Å²) in [5.74, 6) is 0.656. The third-order valence-electron chi connectivity index (χ3n) is 3.28. The molecule has 0 aliphatic rings. The molecule has 2 aromatic carbocycles. The molecular formula is C17H16BrNO2. The van der Waals surface area contributed by atoms with Crippen LogP contribution in [-0.4, -0.2) is 5.11 Å². The molecule has 0 unspecified atom stereocenters. The monoisotopic (exact) mass is 345 g/mol. The first-order valence-electron chi connectivity index (χ1n) is 6.61. The SMILES string of the molecule is Cc1cc(C#N)ccc1COc1cc(Br)ccc1[C@H](C)O. The Bertz CT molecular complexity index is 690.